The average molecular weight is 285 g/mol. The van der Waals surface area contributed by atoms with E-state index in [1.54, 1.807) is 0 Å². The number of aromatic amines is 1. The summed E-state index contributed by atoms with van der Waals surface area (Å²) in [7, 11) is 1.92. The maximum absolute atomic E-state index is 12.4. The third-order valence-corrected chi connectivity index (χ3v) is 3.89. The van der Waals surface area contributed by atoms with Crippen LogP contribution in [0.5, 0.6) is 0 Å². The minimum absolute atomic E-state index is 0.0807. The van der Waals surface area contributed by atoms with Crippen molar-refractivity contribution < 1.29 is 4.79 Å². The maximum Gasteiger partial charge on any atom is 0.242 e. The number of aryl methyl sites for hydroxylation is 1. The molecule has 1 aliphatic rings. The molecule has 22 heavy (non-hydrogen) atoms. The van der Waals surface area contributed by atoms with Crippen molar-refractivity contribution >= 4 is 41.3 Å². The summed E-state index contributed by atoms with van der Waals surface area (Å²) in [6.45, 7) is 2.02. The number of hydrogen-bond donors (Lipinski definition) is 2. The van der Waals surface area contributed by atoms with Gasteiger partial charge in [0, 0.05) is 22.3 Å². The van der Waals surface area contributed by atoms with E-state index in [-0.39, 0.29) is 5.91 Å². The molecule has 4 heteroatoms. The van der Waals surface area contributed by atoms with Crippen LogP contribution in [0.15, 0.2) is 54.0 Å². The van der Waals surface area contributed by atoms with Crippen molar-refractivity contribution in [2.75, 3.05) is 5.32 Å². The van der Waals surface area contributed by atoms with Gasteiger partial charge in [0.1, 0.15) is 0 Å². The Balaban J connectivity index is 1.57. The second-order valence-corrected chi connectivity index (χ2v) is 5.58. The Bertz CT molecular complexity index is 924. The van der Waals surface area contributed by atoms with Gasteiger partial charge in [0.25, 0.3) is 0 Å². The van der Waals surface area contributed by atoms with Crippen LogP contribution >= 0.6 is 0 Å². The zero-order valence-electron chi connectivity index (χ0n) is 12.2. The molecule has 2 N–H and O–H groups in total. The first-order valence-electron chi connectivity index (χ1n) is 7.25. The molecule has 0 unspecified atom stereocenters. The van der Waals surface area contributed by atoms with Gasteiger partial charge in [0.05, 0.1) is 0 Å². The van der Waals surface area contributed by atoms with Crippen LogP contribution in [0.25, 0.3) is 17.0 Å². The van der Waals surface area contributed by atoms with Gasteiger partial charge in [0.15, 0.2) is 7.28 Å². The maximum atomic E-state index is 12.4. The summed E-state index contributed by atoms with van der Waals surface area (Å²) in [6, 6.07) is 15.9. The van der Waals surface area contributed by atoms with Gasteiger partial charge in [-0.25, -0.2) is 0 Å². The van der Waals surface area contributed by atoms with E-state index in [0.29, 0.717) is 5.47 Å². The van der Waals surface area contributed by atoms with Crippen LogP contribution in [0.4, 0.5) is 5.69 Å². The third kappa shape index (κ3) is 2.23. The number of amides is 1. The molecule has 0 saturated carbocycles. The first kappa shape index (κ1) is 13.0. The van der Waals surface area contributed by atoms with Crippen molar-refractivity contribution in [1.29, 1.82) is 0 Å². The molecule has 0 fully saturated rings. The van der Waals surface area contributed by atoms with E-state index in [1.165, 1.54) is 0 Å². The number of rotatable bonds is 2. The van der Waals surface area contributed by atoms with E-state index in [1.807, 2.05) is 62.7 Å². The van der Waals surface area contributed by atoms with Crippen LogP contribution in [0, 0.1) is 6.92 Å². The van der Waals surface area contributed by atoms with Crippen molar-refractivity contribution in [3.05, 3.63) is 65.3 Å². The lowest BCUT2D eigenvalue weighted by atomic mass is 9.66. The van der Waals surface area contributed by atoms with Gasteiger partial charge in [0.2, 0.25) is 5.91 Å². The minimum Gasteiger partial charge on any atom is -0.359 e. The van der Waals surface area contributed by atoms with Crippen LogP contribution in [0.1, 0.15) is 11.3 Å². The first-order valence-corrected chi connectivity index (χ1v) is 7.25. The monoisotopic (exact) mass is 285 g/mol. The highest BCUT2D eigenvalue weighted by Gasteiger charge is 2.19. The van der Waals surface area contributed by atoms with Crippen LogP contribution < -0.4 is 10.8 Å². The predicted octanol–water partition coefficient (Wildman–Crippen LogP) is 2.80. The van der Waals surface area contributed by atoms with Crippen LogP contribution in [0.2, 0.25) is 0 Å². The molecule has 105 valence electrons. The molecule has 3 nitrogen and oxygen atoms in total. The van der Waals surface area contributed by atoms with Crippen molar-refractivity contribution in [3.63, 3.8) is 0 Å². The van der Waals surface area contributed by atoms with E-state index >= 15 is 0 Å². The Hall–Kier alpha value is -2.75. The molecule has 0 aliphatic carbocycles. The van der Waals surface area contributed by atoms with Crippen LogP contribution in [-0.2, 0) is 4.79 Å². The first-order chi connectivity index (χ1) is 10.7. The lowest BCUT2D eigenvalue weighted by Crippen LogP contribution is -2.22. The third-order valence-electron chi connectivity index (χ3n) is 3.89. The number of benzene rings is 2. The summed E-state index contributed by atoms with van der Waals surface area (Å²) in [4.78, 5) is 15.7. The summed E-state index contributed by atoms with van der Waals surface area (Å²) in [5.41, 5.74) is 5.86. The molecule has 0 atom stereocenters. The predicted molar refractivity (Wildman–Crippen MR) is 91.5 cm³/mol. The fraction of sp³-hybridized carbons (Fsp3) is 0.0556. The molecule has 1 radical (unpaired) electrons. The molecule has 0 bridgehead atoms. The van der Waals surface area contributed by atoms with Gasteiger partial charge in [-0.3, -0.25) is 4.79 Å². The second kappa shape index (κ2) is 4.91. The number of anilines is 1. The molecule has 1 aromatic heterocycles. The Morgan fingerprint density at radius 2 is 2.00 bits per heavy atom. The van der Waals surface area contributed by atoms with Crippen LogP contribution in [0.3, 0.4) is 0 Å². The highest BCUT2D eigenvalue weighted by Crippen LogP contribution is 2.21. The fourth-order valence-corrected chi connectivity index (χ4v) is 2.84. The summed E-state index contributed by atoms with van der Waals surface area (Å²) < 4.78 is 0. The molecular formula is C18H14BN2O. The molecular weight excluding hydrogens is 271 g/mol. The Kier molecular flexibility index (Phi) is 2.89. The zero-order valence-corrected chi connectivity index (χ0v) is 12.2. The van der Waals surface area contributed by atoms with Gasteiger partial charge in [-0.1, -0.05) is 35.8 Å². The molecule has 0 saturated heterocycles. The van der Waals surface area contributed by atoms with E-state index in [9.17, 15) is 4.79 Å². The van der Waals surface area contributed by atoms with Crippen molar-refractivity contribution in [2.24, 2.45) is 0 Å². The van der Waals surface area contributed by atoms with Crippen LogP contribution in [-0.4, -0.2) is 18.2 Å². The largest absolute Gasteiger partial charge is 0.359 e. The lowest BCUT2D eigenvalue weighted by molar-refractivity contribution is -0.112. The smallest absolute Gasteiger partial charge is 0.242 e. The standard InChI is InChI=1S/C18H14BN2O/c1-11-8-13-9-14(6-7-17(13)20-11)21-18(22)16-10-12-4-2-3-5-15(12)19-16/h2-10,20H,1H3,(H,21,22). The van der Waals surface area contributed by atoms with E-state index in [0.717, 1.165) is 33.3 Å². The molecule has 2 heterocycles. The molecule has 2 aromatic carbocycles. The molecule has 4 rings (SSSR count). The Morgan fingerprint density at radius 1 is 1.14 bits per heavy atom. The van der Waals surface area contributed by atoms with Crippen molar-refractivity contribution in [3.8, 4) is 0 Å². The van der Waals surface area contributed by atoms with Gasteiger partial charge >= 0.3 is 0 Å². The van der Waals surface area contributed by atoms with Crippen molar-refractivity contribution in [1.82, 2.24) is 4.98 Å². The Morgan fingerprint density at radius 3 is 2.86 bits per heavy atom. The quantitative estimate of drug-likeness (QED) is 0.699. The number of hydrogen-bond acceptors (Lipinski definition) is 1. The summed E-state index contributed by atoms with van der Waals surface area (Å²) in [5, 5.41) is 4.07. The van der Waals surface area contributed by atoms with Gasteiger partial charge in [-0.2, -0.15) is 0 Å². The topological polar surface area (TPSA) is 44.9 Å². The van der Waals surface area contributed by atoms with Gasteiger partial charge < -0.3 is 10.3 Å². The Labute approximate surface area is 129 Å². The van der Waals surface area contributed by atoms with E-state index in [4.69, 9.17) is 0 Å². The zero-order chi connectivity index (χ0) is 15.1. The fourth-order valence-electron chi connectivity index (χ4n) is 2.84. The van der Waals surface area contributed by atoms with Gasteiger partial charge in [-0.15, -0.1) is 0 Å². The minimum atomic E-state index is -0.0807. The summed E-state index contributed by atoms with van der Waals surface area (Å²) in [6.07, 6.45) is 1.92. The highest BCUT2D eigenvalue weighted by atomic mass is 16.1. The summed E-state index contributed by atoms with van der Waals surface area (Å²) in [5.74, 6) is -0.0807. The number of carbonyl (C=O) groups is 1. The molecule has 1 amide bonds. The molecule has 3 aromatic rings. The second-order valence-electron chi connectivity index (χ2n) is 5.58. The SMILES string of the molecule is Cc1cc2cc(NC(=O)C3=Cc4ccccc4[B]3)ccc2[nH]1. The highest BCUT2D eigenvalue weighted by molar-refractivity contribution is 6.71. The molecule has 1 aliphatic heterocycles. The van der Waals surface area contributed by atoms with Crippen molar-refractivity contribution in [2.45, 2.75) is 6.92 Å². The van der Waals surface area contributed by atoms with E-state index < -0.39 is 0 Å². The average Bonchev–Trinajstić information content (AvgIpc) is 3.08. The number of nitrogens with one attached hydrogen (secondary N) is 2. The van der Waals surface area contributed by atoms with E-state index in [2.05, 4.69) is 16.4 Å². The lowest BCUT2D eigenvalue weighted by Gasteiger charge is -2.05. The summed E-state index contributed by atoms with van der Waals surface area (Å²) >= 11 is 0. The number of aromatic nitrogens is 1. The number of fused-ring (bicyclic) bond motifs is 2. The van der Waals surface area contributed by atoms with Gasteiger partial charge in [-0.05, 0) is 42.2 Å². The number of carbonyl (C=O) groups excluding carboxylic acids is 1. The normalized spacial score (nSPS) is 12.7. The number of H-pyrrole nitrogens is 1. The molecule has 0 spiro atoms.